The standard InChI is InChI=1S/C13H19N3O2S.ClH/c17-12(2-1-9-3-5-14-7-9)16-13-15-10-4-6-18-8-11(10)19-13;/h9,14H,1-8H2,(H,15,16,17);1H. The maximum atomic E-state index is 11.9. The molecule has 3 rings (SSSR count). The van der Waals surface area contributed by atoms with E-state index in [-0.39, 0.29) is 18.3 Å². The largest absolute Gasteiger partial charge is 0.375 e. The highest BCUT2D eigenvalue weighted by Crippen LogP contribution is 2.27. The maximum absolute atomic E-state index is 11.9. The monoisotopic (exact) mass is 317 g/mol. The molecule has 0 aliphatic carbocycles. The second-order valence-corrected chi connectivity index (χ2v) is 6.22. The Balaban J connectivity index is 0.00000147. The molecule has 1 fully saturated rings. The fourth-order valence-corrected chi connectivity index (χ4v) is 3.52. The van der Waals surface area contributed by atoms with E-state index in [0.717, 1.165) is 48.2 Å². The molecule has 1 aromatic heterocycles. The SMILES string of the molecule is Cl.O=C(CCC1CCNC1)Nc1nc2c(s1)COCC2. The molecule has 1 amide bonds. The summed E-state index contributed by atoms with van der Waals surface area (Å²) in [4.78, 5) is 17.5. The quantitative estimate of drug-likeness (QED) is 0.891. The molecule has 1 unspecified atom stereocenters. The highest BCUT2D eigenvalue weighted by atomic mass is 35.5. The van der Waals surface area contributed by atoms with Crippen LogP contribution in [0.15, 0.2) is 0 Å². The molecule has 0 bridgehead atoms. The summed E-state index contributed by atoms with van der Waals surface area (Å²) < 4.78 is 5.38. The van der Waals surface area contributed by atoms with Gasteiger partial charge in [0.2, 0.25) is 5.91 Å². The summed E-state index contributed by atoms with van der Waals surface area (Å²) in [7, 11) is 0. The van der Waals surface area contributed by atoms with Crippen molar-refractivity contribution >= 4 is 34.8 Å². The number of hydrogen-bond donors (Lipinski definition) is 2. The van der Waals surface area contributed by atoms with E-state index in [0.29, 0.717) is 18.9 Å². The number of amides is 1. The number of nitrogens with one attached hydrogen (secondary N) is 2. The van der Waals surface area contributed by atoms with Gasteiger partial charge in [-0.1, -0.05) is 11.3 Å². The number of thiazole rings is 1. The minimum absolute atomic E-state index is 0. The van der Waals surface area contributed by atoms with Crippen molar-refractivity contribution in [1.82, 2.24) is 10.3 Å². The molecule has 2 aliphatic heterocycles. The lowest BCUT2D eigenvalue weighted by molar-refractivity contribution is -0.116. The normalized spacial score (nSPS) is 21.1. The van der Waals surface area contributed by atoms with Crippen LogP contribution in [-0.2, 0) is 22.6 Å². The van der Waals surface area contributed by atoms with Crippen molar-refractivity contribution in [2.75, 3.05) is 25.0 Å². The van der Waals surface area contributed by atoms with Gasteiger partial charge < -0.3 is 15.4 Å². The van der Waals surface area contributed by atoms with E-state index >= 15 is 0 Å². The molecule has 0 spiro atoms. The van der Waals surface area contributed by atoms with Gasteiger partial charge in [-0.15, -0.1) is 12.4 Å². The van der Waals surface area contributed by atoms with Crippen molar-refractivity contribution in [1.29, 1.82) is 0 Å². The van der Waals surface area contributed by atoms with Crippen LogP contribution in [0, 0.1) is 5.92 Å². The van der Waals surface area contributed by atoms with Crippen LogP contribution in [0.25, 0.3) is 0 Å². The Kier molecular flexibility index (Phi) is 5.77. The molecule has 0 aromatic carbocycles. The van der Waals surface area contributed by atoms with Crippen LogP contribution in [-0.4, -0.2) is 30.6 Å². The average Bonchev–Trinajstić information content (AvgIpc) is 3.04. The van der Waals surface area contributed by atoms with Crippen molar-refractivity contribution in [3.05, 3.63) is 10.6 Å². The van der Waals surface area contributed by atoms with Crippen molar-refractivity contribution in [2.24, 2.45) is 5.92 Å². The molecule has 2 N–H and O–H groups in total. The molecule has 7 heteroatoms. The van der Waals surface area contributed by atoms with E-state index in [1.807, 2.05) is 0 Å². The number of ether oxygens (including phenoxy) is 1. The summed E-state index contributed by atoms with van der Waals surface area (Å²) in [6.07, 6.45) is 3.60. The van der Waals surface area contributed by atoms with E-state index in [9.17, 15) is 4.79 Å². The lowest BCUT2D eigenvalue weighted by atomic mass is 10.0. The van der Waals surface area contributed by atoms with E-state index in [1.54, 1.807) is 11.3 Å². The number of anilines is 1. The van der Waals surface area contributed by atoms with E-state index in [4.69, 9.17) is 4.74 Å². The Hall–Kier alpha value is -0.690. The molecule has 1 atom stereocenters. The number of nitrogens with zero attached hydrogens (tertiary/aromatic N) is 1. The smallest absolute Gasteiger partial charge is 0.226 e. The minimum Gasteiger partial charge on any atom is -0.375 e. The summed E-state index contributed by atoms with van der Waals surface area (Å²) >= 11 is 1.54. The van der Waals surface area contributed by atoms with Crippen LogP contribution in [0.3, 0.4) is 0 Å². The van der Waals surface area contributed by atoms with Gasteiger partial charge in [-0.05, 0) is 31.8 Å². The molecule has 0 radical (unpaired) electrons. The predicted octanol–water partition coefficient (Wildman–Crippen LogP) is 1.97. The number of carbonyl (C=O) groups is 1. The first-order valence-corrected chi connectivity index (χ1v) is 7.70. The summed E-state index contributed by atoms with van der Waals surface area (Å²) in [6, 6.07) is 0. The van der Waals surface area contributed by atoms with Crippen LogP contribution in [0.5, 0.6) is 0 Å². The number of fused-ring (bicyclic) bond motifs is 1. The summed E-state index contributed by atoms with van der Waals surface area (Å²) in [5.74, 6) is 0.738. The number of hydrogen-bond acceptors (Lipinski definition) is 5. The second kappa shape index (κ2) is 7.36. The molecule has 2 aliphatic rings. The molecule has 1 saturated heterocycles. The first-order valence-electron chi connectivity index (χ1n) is 6.88. The summed E-state index contributed by atoms with van der Waals surface area (Å²) in [5.41, 5.74) is 1.09. The maximum Gasteiger partial charge on any atom is 0.226 e. The Morgan fingerprint density at radius 3 is 3.20 bits per heavy atom. The number of aromatic nitrogens is 1. The van der Waals surface area contributed by atoms with Crippen molar-refractivity contribution in [3.63, 3.8) is 0 Å². The van der Waals surface area contributed by atoms with Gasteiger partial charge in [0.1, 0.15) is 0 Å². The van der Waals surface area contributed by atoms with Crippen LogP contribution < -0.4 is 10.6 Å². The molecule has 5 nitrogen and oxygen atoms in total. The number of halogens is 1. The summed E-state index contributed by atoms with van der Waals surface area (Å²) in [5, 5.41) is 6.97. The van der Waals surface area contributed by atoms with Gasteiger partial charge in [-0.2, -0.15) is 0 Å². The van der Waals surface area contributed by atoms with Gasteiger partial charge >= 0.3 is 0 Å². The molecule has 20 heavy (non-hydrogen) atoms. The van der Waals surface area contributed by atoms with Gasteiger partial charge in [-0.25, -0.2) is 4.98 Å². The third-order valence-corrected chi connectivity index (χ3v) is 4.67. The Morgan fingerprint density at radius 1 is 1.55 bits per heavy atom. The highest BCUT2D eigenvalue weighted by molar-refractivity contribution is 7.15. The number of rotatable bonds is 4. The minimum atomic E-state index is 0. The van der Waals surface area contributed by atoms with Crippen LogP contribution in [0.2, 0.25) is 0 Å². The molecule has 3 heterocycles. The van der Waals surface area contributed by atoms with E-state index in [1.165, 1.54) is 6.42 Å². The molecular weight excluding hydrogens is 298 g/mol. The van der Waals surface area contributed by atoms with Crippen molar-refractivity contribution in [2.45, 2.75) is 32.3 Å². The van der Waals surface area contributed by atoms with E-state index in [2.05, 4.69) is 15.6 Å². The van der Waals surface area contributed by atoms with Crippen molar-refractivity contribution in [3.8, 4) is 0 Å². The summed E-state index contributed by atoms with van der Waals surface area (Å²) in [6.45, 7) is 3.51. The van der Waals surface area contributed by atoms with Gasteiger partial charge in [0.05, 0.1) is 23.8 Å². The molecule has 0 saturated carbocycles. The van der Waals surface area contributed by atoms with Gasteiger partial charge in [-0.3, -0.25) is 4.79 Å². The van der Waals surface area contributed by atoms with Crippen LogP contribution in [0.4, 0.5) is 5.13 Å². The third kappa shape index (κ3) is 3.91. The van der Waals surface area contributed by atoms with Gasteiger partial charge in [0.15, 0.2) is 5.13 Å². The first kappa shape index (κ1) is 15.7. The molecular formula is C13H20ClN3O2S. The fraction of sp³-hybridized carbons (Fsp3) is 0.692. The predicted molar refractivity (Wildman–Crippen MR) is 81.6 cm³/mol. The first-order chi connectivity index (χ1) is 9.31. The second-order valence-electron chi connectivity index (χ2n) is 5.14. The van der Waals surface area contributed by atoms with Crippen molar-refractivity contribution < 1.29 is 9.53 Å². The lowest BCUT2D eigenvalue weighted by Gasteiger charge is -2.08. The number of carbonyl (C=O) groups excluding carboxylic acids is 1. The zero-order valence-corrected chi connectivity index (χ0v) is 12.9. The lowest BCUT2D eigenvalue weighted by Crippen LogP contribution is -2.15. The third-order valence-electron chi connectivity index (χ3n) is 3.68. The Morgan fingerprint density at radius 2 is 2.45 bits per heavy atom. The molecule has 112 valence electrons. The van der Waals surface area contributed by atoms with Gasteiger partial charge in [0, 0.05) is 12.8 Å². The van der Waals surface area contributed by atoms with Gasteiger partial charge in [0.25, 0.3) is 0 Å². The zero-order valence-electron chi connectivity index (χ0n) is 11.3. The topological polar surface area (TPSA) is 63.2 Å². The highest BCUT2D eigenvalue weighted by Gasteiger charge is 2.18. The average molecular weight is 318 g/mol. The molecule has 1 aromatic rings. The van der Waals surface area contributed by atoms with Crippen LogP contribution in [0.1, 0.15) is 29.8 Å². The Labute approximate surface area is 128 Å². The van der Waals surface area contributed by atoms with E-state index < -0.39 is 0 Å². The fourth-order valence-electron chi connectivity index (χ4n) is 2.56. The van der Waals surface area contributed by atoms with Crippen LogP contribution >= 0.6 is 23.7 Å². The zero-order chi connectivity index (χ0) is 13.1. The Bertz CT molecular complexity index is 437.